The van der Waals surface area contributed by atoms with E-state index in [1.807, 2.05) is 18.2 Å². The summed E-state index contributed by atoms with van der Waals surface area (Å²) in [6.07, 6.45) is 2.07. The fraction of sp³-hybridized carbons (Fsp3) is 0.286. The Kier molecular flexibility index (Phi) is 5.46. The summed E-state index contributed by atoms with van der Waals surface area (Å²) in [5, 5.41) is 3.66. The number of benzene rings is 2. The fourth-order valence-corrected chi connectivity index (χ4v) is 2.77. The number of hydrogen-bond acceptors (Lipinski definition) is 4. The third-order valence-corrected chi connectivity index (χ3v) is 4.18. The van der Waals surface area contributed by atoms with Crippen molar-refractivity contribution in [2.45, 2.75) is 26.7 Å². The Balaban J connectivity index is 1.85. The number of aryl methyl sites for hydroxylation is 1. The Morgan fingerprint density at radius 3 is 2.54 bits per heavy atom. The van der Waals surface area contributed by atoms with Gasteiger partial charge in [0.1, 0.15) is 22.8 Å². The Morgan fingerprint density at radius 2 is 1.85 bits per heavy atom. The number of amides is 1. The van der Waals surface area contributed by atoms with Crippen molar-refractivity contribution in [1.29, 1.82) is 0 Å². The van der Waals surface area contributed by atoms with E-state index in [2.05, 4.69) is 12.2 Å². The average molecular weight is 353 g/mol. The molecule has 3 rings (SSSR count). The largest absolute Gasteiger partial charge is 0.497 e. The minimum absolute atomic E-state index is 0.211. The van der Waals surface area contributed by atoms with E-state index in [1.165, 1.54) is 0 Å². The molecular weight excluding hydrogens is 330 g/mol. The van der Waals surface area contributed by atoms with Gasteiger partial charge in [0, 0.05) is 11.1 Å². The second kappa shape index (κ2) is 7.95. The van der Waals surface area contributed by atoms with E-state index < -0.39 is 0 Å². The van der Waals surface area contributed by atoms with Gasteiger partial charge >= 0.3 is 0 Å². The molecule has 5 heteroatoms. The van der Waals surface area contributed by atoms with E-state index in [0.29, 0.717) is 29.2 Å². The number of unbranched alkanes of at least 4 members (excludes halogenated alkanes) is 1. The van der Waals surface area contributed by atoms with Crippen LogP contribution in [-0.2, 0) is 0 Å². The van der Waals surface area contributed by atoms with Crippen LogP contribution in [0.4, 0.5) is 5.69 Å². The molecule has 1 aromatic heterocycles. The van der Waals surface area contributed by atoms with Crippen LogP contribution in [0, 0.1) is 6.92 Å². The molecule has 26 heavy (non-hydrogen) atoms. The summed E-state index contributed by atoms with van der Waals surface area (Å²) < 4.78 is 16.6. The summed E-state index contributed by atoms with van der Waals surface area (Å²) in [7, 11) is 1.61. The molecule has 0 aliphatic carbocycles. The van der Waals surface area contributed by atoms with Crippen molar-refractivity contribution in [3.05, 3.63) is 53.8 Å². The Bertz CT molecular complexity index is 896. The minimum Gasteiger partial charge on any atom is -0.497 e. The first-order chi connectivity index (χ1) is 12.6. The number of furan rings is 1. The van der Waals surface area contributed by atoms with Crippen LogP contribution in [-0.4, -0.2) is 19.6 Å². The van der Waals surface area contributed by atoms with Gasteiger partial charge in [-0.25, -0.2) is 0 Å². The number of anilines is 1. The van der Waals surface area contributed by atoms with E-state index in [-0.39, 0.29) is 5.91 Å². The summed E-state index contributed by atoms with van der Waals surface area (Å²) >= 11 is 0. The van der Waals surface area contributed by atoms with Gasteiger partial charge in [0.25, 0.3) is 5.91 Å². The minimum atomic E-state index is -0.211. The van der Waals surface area contributed by atoms with Gasteiger partial charge in [0.15, 0.2) is 0 Å². The van der Waals surface area contributed by atoms with Gasteiger partial charge in [-0.3, -0.25) is 4.79 Å². The molecule has 0 aliphatic rings. The van der Waals surface area contributed by atoms with Gasteiger partial charge in [-0.15, -0.1) is 0 Å². The predicted octanol–water partition coefficient (Wildman–Crippen LogP) is 5.18. The Morgan fingerprint density at radius 1 is 1.12 bits per heavy atom. The van der Waals surface area contributed by atoms with Crippen LogP contribution in [0.25, 0.3) is 11.0 Å². The summed E-state index contributed by atoms with van der Waals surface area (Å²) in [5.74, 6) is 1.85. The quantitative estimate of drug-likeness (QED) is 0.595. The third-order valence-electron chi connectivity index (χ3n) is 4.18. The van der Waals surface area contributed by atoms with Gasteiger partial charge in [-0.05, 0) is 55.8 Å². The average Bonchev–Trinajstić information content (AvgIpc) is 2.97. The highest BCUT2D eigenvalue weighted by Crippen LogP contribution is 2.30. The molecule has 1 N–H and O–H groups in total. The number of methoxy groups -OCH3 is 1. The molecule has 0 aliphatic heterocycles. The number of fused-ring (bicyclic) bond motifs is 1. The number of nitrogens with one attached hydrogen (secondary N) is 1. The zero-order valence-electron chi connectivity index (χ0n) is 15.3. The molecule has 0 saturated carbocycles. The first kappa shape index (κ1) is 17.9. The smallest absolute Gasteiger partial charge is 0.259 e. The van der Waals surface area contributed by atoms with E-state index in [0.717, 1.165) is 29.7 Å². The molecule has 0 saturated heterocycles. The van der Waals surface area contributed by atoms with Crippen molar-refractivity contribution in [1.82, 2.24) is 0 Å². The first-order valence-corrected chi connectivity index (χ1v) is 8.73. The molecule has 0 radical (unpaired) electrons. The van der Waals surface area contributed by atoms with Crippen molar-refractivity contribution >= 4 is 22.6 Å². The van der Waals surface area contributed by atoms with Crippen LogP contribution in [0.2, 0.25) is 0 Å². The lowest BCUT2D eigenvalue weighted by molar-refractivity contribution is 0.102. The Hall–Kier alpha value is -2.95. The molecule has 0 atom stereocenters. The second-order valence-corrected chi connectivity index (χ2v) is 6.08. The van der Waals surface area contributed by atoms with Crippen LogP contribution in [0.3, 0.4) is 0 Å². The fourth-order valence-electron chi connectivity index (χ4n) is 2.77. The van der Waals surface area contributed by atoms with Gasteiger partial charge in [0.05, 0.1) is 19.3 Å². The van der Waals surface area contributed by atoms with Gasteiger partial charge in [0.2, 0.25) is 0 Å². The molecule has 2 aromatic carbocycles. The van der Waals surface area contributed by atoms with Crippen molar-refractivity contribution in [2.24, 2.45) is 0 Å². The van der Waals surface area contributed by atoms with Crippen LogP contribution in [0.5, 0.6) is 11.5 Å². The number of ether oxygens (including phenoxy) is 2. The van der Waals surface area contributed by atoms with Crippen LogP contribution in [0.1, 0.15) is 35.9 Å². The molecular formula is C21H23NO4. The molecule has 0 unspecified atom stereocenters. The molecule has 1 heterocycles. The number of hydrogen-bond donors (Lipinski definition) is 1. The van der Waals surface area contributed by atoms with E-state index in [4.69, 9.17) is 13.9 Å². The summed E-state index contributed by atoms with van der Waals surface area (Å²) in [5.41, 5.74) is 1.89. The normalized spacial score (nSPS) is 10.7. The highest BCUT2D eigenvalue weighted by atomic mass is 16.5. The summed E-state index contributed by atoms with van der Waals surface area (Å²) in [6.45, 7) is 4.57. The maximum absolute atomic E-state index is 12.8. The van der Waals surface area contributed by atoms with Crippen LogP contribution < -0.4 is 14.8 Å². The highest BCUT2D eigenvalue weighted by Gasteiger charge is 2.19. The monoisotopic (exact) mass is 353 g/mol. The van der Waals surface area contributed by atoms with Gasteiger partial charge < -0.3 is 19.2 Å². The van der Waals surface area contributed by atoms with Crippen molar-refractivity contribution in [3.63, 3.8) is 0 Å². The van der Waals surface area contributed by atoms with Crippen molar-refractivity contribution in [2.75, 3.05) is 19.0 Å². The molecule has 136 valence electrons. The molecule has 0 bridgehead atoms. The molecule has 3 aromatic rings. The standard InChI is InChI=1S/C21H23NO4/c1-4-5-12-25-17-10-11-19-18(13-17)20(14(2)26-19)21(23)22-15-6-8-16(24-3)9-7-15/h6-11,13H,4-5,12H2,1-3H3,(H,22,23). The zero-order valence-corrected chi connectivity index (χ0v) is 15.3. The lowest BCUT2D eigenvalue weighted by atomic mass is 10.1. The van der Waals surface area contributed by atoms with Crippen molar-refractivity contribution < 1.29 is 18.7 Å². The lowest BCUT2D eigenvalue weighted by Gasteiger charge is -2.07. The molecule has 0 spiro atoms. The Labute approximate surface area is 152 Å². The van der Waals surface area contributed by atoms with Crippen LogP contribution >= 0.6 is 0 Å². The predicted molar refractivity (Wildman–Crippen MR) is 102 cm³/mol. The summed E-state index contributed by atoms with van der Waals surface area (Å²) in [4.78, 5) is 12.8. The maximum atomic E-state index is 12.8. The maximum Gasteiger partial charge on any atom is 0.259 e. The third kappa shape index (κ3) is 3.82. The summed E-state index contributed by atoms with van der Waals surface area (Å²) in [6, 6.07) is 12.8. The van der Waals surface area contributed by atoms with Crippen LogP contribution in [0.15, 0.2) is 46.9 Å². The zero-order chi connectivity index (χ0) is 18.5. The molecule has 1 amide bonds. The molecule has 0 fully saturated rings. The van der Waals surface area contributed by atoms with Gasteiger partial charge in [-0.1, -0.05) is 13.3 Å². The van der Waals surface area contributed by atoms with E-state index in [9.17, 15) is 4.79 Å². The first-order valence-electron chi connectivity index (χ1n) is 8.73. The highest BCUT2D eigenvalue weighted by molar-refractivity contribution is 6.13. The number of carbonyl (C=O) groups is 1. The topological polar surface area (TPSA) is 60.7 Å². The van der Waals surface area contributed by atoms with E-state index in [1.54, 1.807) is 38.3 Å². The SMILES string of the molecule is CCCCOc1ccc2oc(C)c(C(=O)Nc3ccc(OC)cc3)c2c1. The number of rotatable bonds is 7. The van der Waals surface area contributed by atoms with Gasteiger partial charge in [-0.2, -0.15) is 0 Å². The van der Waals surface area contributed by atoms with E-state index >= 15 is 0 Å². The molecule has 5 nitrogen and oxygen atoms in total. The number of carbonyl (C=O) groups excluding carboxylic acids is 1. The second-order valence-electron chi connectivity index (χ2n) is 6.08. The lowest BCUT2D eigenvalue weighted by Crippen LogP contribution is -2.12. The van der Waals surface area contributed by atoms with Crippen molar-refractivity contribution in [3.8, 4) is 11.5 Å².